The lowest BCUT2D eigenvalue weighted by atomic mass is 9.76. The lowest BCUT2D eigenvalue weighted by Gasteiger charge is -2.37. The van der Waals surface area contributed by atoms with Crippen LogP contribution in [0.3, 0.4) is 0 Å². The molecular formula is C33H27N3O. The lowest BCUT2D eigenvalue weighted by molar-refractivity contribution is 0.0991. The quantitative estimate of drug-likeness (QED) is 0.275. The lowest BCUT2D eigenvalue weighted by Crippen LogP contribution is -2.37. The summed E-state index contributed by atoms with van der Waals surface area (Å²) in [4.78, 5) is 9.38. The second kappa shape index (κ2) is 9.16. The summed E-state index contributed by atoms with van der Waals surface area (Å²) in [5.74, 6) is 0. The highest BCUT2D eigenvalue weighted by atomic mass is 16.3. The first-order valence-corrected chi connectivity index (χ1v) is 12.4. The second-order valence-corrected chi connectivity index (χ2v) is 9.43. The number of hydrogen-bond donors (Lipinski definition) is 1. The topological polar surface area (TPSA) is 50.9 Å². The summed E-state index contributed by atoms with van der Waals surface area (Å²) < 4.78 is 2.12. The molecule has 0 spiro atoms. The van der Waals surface area contributed by atoms with Crippen molar-refractivity contribution >= 4 is 10.9 Å². The van der Waals surface area contributed by atoms with E-state index in [0.717, 1.165) is 33.2 Å². The SMILES string of the molecule is CC(O)(c1cn(C(c2ccccc2)(c2ccccc2)c2ccccc2)cn1)c1cccc2cccnc12. The average molecular weight is 482 g/mol. The van der Waals surface area contributed by atoms with Gasteiger partial charge in [-0.15, -0.1) is 0 Å². The molecule has 6 rings (SSSR count). The molecule has 4 heteroatoms. The first-order valence-electron chi connectivity index (χ1n) is 12.4. The fourth-order valence-electron chi connectivity index (χ4n) is 5.38. The number of rotatable bonds is 6. The largest absolute Gasteiger partial charge is 0.379 e. The maximum absolute atomic E-state index is 11.9. The molecule has 1 atom stereocenters. The van der Waals surface area contributed by atoms with Crippen molar-refractivity contribution in [2.75, 3.05) is 0 Å². The maximum atomic E-state index is 11.9. The second-order valence-electron chi connectivity index (χ2n) is 9.43. The molecule has 6 aromatic rings. The van der Waals surface area contributed by atoms with Gasteiger partial charge in [0, 0.05) is 23.3 Å². The van der Waals surface area contributed by atoms with Crippen LogP contribution in [0.1, 0.15) is 34.9 Å². The standard InChI is InChI=1S/C33H27N3O/c1-32(37,29-21-11-13-25-14-12-22-34-31(25)29)30-23-36(24-35-30)33(26-15-5-2-6-16-26,27-17-7-3-8-18-27)28-19-9-4-10-20-28/h2-24,37H,1H3. The van der Waals surface area contributed by atoms with Crippen LogP contribution in [0, 0.1) is 0 Å². The van der Waals surface area contributed by atoms with E-state index in [1.165, 1.54) is 0 Å². The number of benzene rings is 4. The molecule has 0 fully saturated rings. The monoisotopic (exact) mass is 481 g/mol. The third-order valence-electron chi connectivity index (χ3n) is 7.20. The van der Waals surface area contributed by atoms with E-state index in [-0.39, 0.29) is 0 Å². The van der Waals surface area contributed by atoms with Crippen molar-refractivity contribution in [3.05, 3.63) is 168 Å². The molecule has 4 nitrogen and oxygen atoms in total. The third kappa shape index (κ3) is 3.74. The number of para-hydroxylation sites is 1. The van der Waals surface area contributed by atoms with Crippen molar-refractivity contribution in [2.24, 2.45) is 0 Å². The first kappa shape index (κ1) is 22.9. The predicted octanol–water partition coefficient (Wildman–Crippen LogP) is 6.53. The Bertz CT molecular complexity index is 1540. The summed E-state index contributed by atoms with van der Waals surface area (Å²) in [6.07, 6.45) is 5.55. The van der Waals surface area contributed by atoms with Crippen molar-refractivity contribution in [3.8, 4) is 0 Å². The molecule has 0 amide bonds. The van der Waals surface area contributed by atoms with E-state index in [1.54, 1.807) is 13.1 Å². The Kier molecular flexibility index (Phi) is 5.67. The molecule has 2 heterocycles. The van der Waals surface area contributed by atoms with E-state index in [4.69, 9.17) is 4.98 Å². The summed E-state index contributed by atoms with van der Waals surface area (Å²) >= 11 is 0. The van der Waals surface area contributed by atoms with Gasteiger partial charge < -0.3 is 9.67 Å². The molecule has 0 saturated carbocycles. The van der Waals surface area contributed by atoms with Crippen molar-refractivity contribution in [1.82, 2.24) is 14.5 Å². The van der Waals surface area contributed by atoms with Crippen molar-refractivity contribution in [2.45, 2.75) is 18.1 Å². The van der Waals surface area contributed by atoms with Crippen LogP contribution in [0.25, 0.3) is 10.9 Å². The predicted molar refractivity (Wildman–Crippen MR) is 147 cm³/mol. The number of nitrogens with zero attached hydrogens (tertiary/aromatic N) is 3. The van der Waals surface area contributed by atoms with E-state index in [9.17, 15) is 5.11 Å². The fourth-order valence-corrected chi connectivity index (χ4v) is 5.38. The van der Waals surface area contributed by atoms with Crippen LogP contribution in [0.15, 0.2) is 140 Å². The van der Waals surface area contributed by atoms with Gasteiger partial charge in [-0.1, -0.05) is 115 Å². The zero-order valence-corrected chi connectivity index (χ0v) is 20.6. The summed E-state index contributed by atoms with van der Waals surface area (Å²) in [5, 5.41) is 12.9. The zero-order chi connectivity index (χ0) is 25.3. The van der Waals surface area contributed by atoms with Gasteiger partial charge in [0.05, 0.1) is 17.5 Å². The van der Waals surface area contributed by atoms with Gasteiger partial charge in [0.2, 0.25) is 0 Å². The number of hydrogen-bond acceptors (Lipinski definition) is 3. The van der Waals surface area contributed by atoms with E-state index in [0.29, 0.717) is 5.69 Å². The van der Waals surface area contributed by atoms with Crippen LogP contribution in [0.2, 0.25) is 0 Å². The van der Waals surface area contributed by atoms with Gasteiger partial charge in [0.15, 0.2) is 0 Å². The summed E-state index contributed by atoms with van der Waals surface area (Å²) in [6.45, 7) is 1.79. The molecule has 37 heavy (non-hydrogen) atoms. The normalized spacial score (nSPS) is 13.4. The molecule has 0 aliphatic rings. The maximum Gasteiger partial charge on any atom is 0.132 e. The average Bonchev–Trinajstić information content (AvgIpc) is 3.47. The highest BCUT2D eigenvalue weighted by Crippen LogP contribution is 2.42. The van der Waals surface area contributed by atoms with Crippen LogP contribution < -0.4 is 0 Å². The van der Waals surface area contributed by atoms with E-state index in [2.05, 4.69) is 82.3 Å². The molecule has 0 saturated heterocycles. The van der Waals surface area contributed by atoms with Crippen LogP contribution in [-0.2, 0) is 11.1 Å². The summed E-state index contributed by atoms with van der Waals surface area (Å²) in [7, 11) is 0. The van der Waals surface area contributed by atoms with Gasteiger partial charge >= 0.3 is 0 Å². The number of imidazole rings is 1. The molecule has 0 aliphatic heterocycles. The molecule has 2 aromatic heterocycles. The van der Waals surface area contributed by atoms with Crippen molar-refractivity contribution in [1.29, 1.82) is 0 Å². The van der Waals surface area contributed by atoms with E-state index >= 15 is 0 Å². The number of pyridine rings is 1. The van der Waals surface area contributed by atoms with Crippen molar-refractivity contribution < 1.29 is 5.11 Å². The minimum absolute atomic E-state index is 0.554. The molecule has 0 aliphatic carbocycles. The minimum Gasteiger partial charge on any atom is -0.379 e. The Morgan fingerprint density at radius 1 is 0.622 bits per heavy atom. The fraction of sp³-hybridized carbons (Fsp3) is 0.0909. The third-order valence-corrected chi connectivity index (χ3v) is 7.20. The highest BCUT2D eigenvalue weighted by molar-refractivity contribution is 5.82. The van der Waals surface area contributed by atoms with Crippen molar-refractivity contribution in [3.63, 3.8) is 0 Å². The van der Waals surface area contributed by atoms with Crippen LogP contribution >= 0.6 is 0 Å². The van der Waals surface area contributed by atoms with E-state index in [1.807, 2.05) is 61.1 Å². The van der Waals surface area contributed by atoms with Gasteiger partial charge in [-0.05, 0) is 29.7 Å². The molecule has 0 radical (unpaired) electrons. The number of fused-ring (bicyclic) bond motifs is 1. The number of aliphatic hydroxyl groups is 1. The molecule has 0 bridgehead atoms. The zero-order valence-electron chi connectivity index (χ0n) is 20.6. The van der Waals surface area contributed by atoms with Gasteiger partial charge in [-0.25, -0.2) is 4.98 Å². The molecular weight excluding hydrogens is 454 g/mol. The smallest absolute Gasteiger partial charge is 0.132 e. The summed E-state index contributed by atoms with van der Waals surface area (Å²) in [6, 6.07) is 41.1. The van der Waals surface area contributed by atoms with E-state index < -0.39 is 11.1 Å². The molecule has 4 aromatic carbocycles. The minimum atomic E-state index is -1.35. The van der Waals surface area contributed by atoms with Crippen LogP contribution in [0.4, 0.5) is 0 Å². The van der Waals surface area contributed by atoms with Crippen LogP contribution in [-0.4, -0.2) is 19.6 Å². The van der Waals surface area contributed by atoms with Gasteiger partial charge in [0.1, 0.15) is 11.1 Å². The Hall–Kier alpha value is -4.54. The Balaban J connectivity index is 1.60. The first-order chi connectivity index (χ1) is 18.1. The highest BCUT2D eigenvalue weighted by Gasteiger charge is 2.40. The van der Waals surface area contributed by atoms with Crippen LogP contribution in [0.5, 0.6) is 0 Å². The Labute approximate surface area is 216 Å². The molecule has 1 unspecified atom stereocenters. The van der Waals surface area contributed by atoms with Gasteiger partial charge in [-0.3, -0.25) is 4.98 Å². The van der Waals surface area contributed by atoms with Gasteiger partial charge in [0.25, 0.3) is 0 Å². The Morgan fingerprint density at radius 2 is 1.16 bits per heavy atom. The number of aromatic nitrogens is 3. The molecule has 1 N–H and O–H groups in total. The summed E-state index contributed by atoms with van der Waals surface area (Å²) in [5.41, 5.74) is 3.30. The Morgan fingerprint density at radius 3 is 1.73 bits per heavy atom. The van der Waals surface area contributed by atoms with Gasteiger partial charge in [-0.2, -0.15) is 0 Å². The molecule has 180 valence electrons.